The van der Waals surface area contributed by atoms with Gasteiger partial charge in [-0.2, -0.15) is 0 Å². The zero-order valence-corrected chi connectivity index (χ0v) is 11.0. The van der Waals surface area contributed by atoms with Gasteiger partial charge in [-0.15, -0.1) is 0 Å². The van der Waals surface area contributed by atoms with Gasteiger partial charge in [0.2, 0.25) is 0 Å². The summed E-state index contributed by atoms with van der Waals surface area (Å²) in [5.41, 5.74) is 6.19. The van der Waals surface area contributed by atoms with E-state index in [0.717, 1.165) is 26.3 Å². The van der Waals surface area contributed by atoms with Crippen LogP contribution in [0.3, 0.4) is 0 Å². The Kier molecular flexibility index (Phi) is 5.18. The fourth-order valence-corrected chi connectivity index (χ4v) is 2.08. The van der Waals surface area contributed by atoms with E-state index in [2.05, 4.69) is 25.7 Å². The molecule has 4 heteroatoms. The Morgan fingerprint density at radius 3 is 2.69 bits per heavy atom. The molecule has 0 saturated carbocycles. The number of hydrogen-bond donors (Lipinski definition) is 1. The molecule has 96 valence electrons. The molecule has 2 unspecified atom stereocenters. The predicted octanol–water partition coefficient (Wildman–Crippen LogP) is 0.707. The summed E-state index contributed by atoms with van der Waals surface area (Å²) in [6.07, 6.45) is 0. The minimum absolute atomic E-state index is 0.0814. The Hall–Kier alpha value is -0.160. The van der Waals surface area contributed by atoms with Crippen molar-refractivity contribution in [2.24, 2.45) is 11.1 Å². The normalized spacial score (nSPS) is 30.6. The highest BCUT2D eigenvalue weighted by atomic mass is 16.5. The van der Waals surface area contributed by atoms with Crippen LogP contribution in [0.5, 0.6) is 0 Å². The van der Waals surface area contributed by atoms with Crippen molar-refractivity contribution in [1.29, 1.82) is 0 Å². The van der Waals surface area contributed by atoms with Gasteiger partial charge in [0.05, 0.1) is 19.8 Å². The van der Waals surface area contributed by atoms with Gasteiger partial charge in [-0.05, 0) is 13.8 Å². The summed E-state index contributed by atoms with van der Waals surface area (Å²) in [5, 5.41) is 0. The van der Waals surface area contributed by atoms with E-state index in [1.54, 1.807) is 7.11 Å². The lowest BCUT2D eigenvalue weighted by atomic mass is 9.85. The van der Waals surface area contributed by atoms with Gasteiger partial charge < -0.3 is 15.2 Å². The van der Waals surface area contributed by atoms with E-state index in [4.69, 9.17) is 15.2 Å². The lowest BCUT2D eigenvalue weighted by molar-refractivity contribution is 0.0764. The topological polar surface area (TPSA) is 47.7 Å². The van der Waals surface area contributed by atoms with Crippen LogP contribution in [0.4, 0.5) is 0 Å². The highest BCUT2D eigenvalue weighted by Gasteiger charge is 2.39. The molecule has 0 bridgehead atoms. The lowest BCUT2D eigenvalue weighted by Gasteiger charge is -2.36. The van der Waals surface area contributed by atoms with Gasteiger partial charge in [-0.1, -0.05) is 6.92 Å². The third-order valence-corrected chi connectivity index (χ3v) is 3.50. The summed E-state index contributed by atoms with van der Waals surface area (Å²) in [7, 11) is 1.74. The molecule has 0 amide bonds. The third-order valence-electron chi connectivity index (χ3n) is 3.50. The zero-order chi connectivity index (χ0) is 12.2. The number of nitrogens with zero attached hydrogens (tertiary/aromatic N) is 1. The van der Waals surface area contributed by atoms with E-state index in [0.29, 0.717) is 12.6 Å². The van der Waals surface area contributed by atoms with Gasteiger partial charge in [0.15, 0.2) is 0 Å². The molecule has 2 atom stereocenters. The zero-order valence-electron chi connectivity index (χ0n) is 11.0. The third kappa shape index (κ3) is 3.42. The highest BCUT2D eigenvalue weighted by molar-refractivity contribution is 4.92. The first-order valence-electron chi connectivity index (χ1n) is 6.06. The van der Waals surface area contributed by atoms with Gasteiger partial charge in [0.25, 0.3) is 0 Å². The smallest absolute Gasteiger partial charge is 0.0624 e. The van der Waals surface area contributed by atoms with Crippen molar-refractivity contribution in [3.8, 4) is 0 Å². The SMILES string of the molecule is COCCN(CC1(C)COCC1N)C(C)C. The molecule has 1 heterocycles. The summed E-state index contributed by atoms with van der Waals surface area (Å²) < 4.78 is 10.6. The van der Waals surface area contributed by atoms with Crippen molar-refractivity contribution in [2.75, 3.05) is 40.0 Å². The van der Waals surface area contributed by atoms with Crippen LogP contribution in [-0.4, -0.2) is 57.0 Å². The minimum atomic E-state index is 0.0814. The average molecular weight is 230 g/mol. The van der Waals surface area contributed by atoms with Crippen molar-refractivity contribution in [2.45, 2.75) is 32.9 Å². The number of methoxy groups -OCH3 is 1. The van der Waals surface area contributed by atoms with Crippen molar-refractivity contribution >= 4 is 0 Å². The van der Waals surface area contributed by atoms with Crippen LogP contribution in [0, 0.1) is 5.41 Å². The number of rotatable bonds is 6. The molecule has 1 aliphatic heterocycles. The Bertz CT molecular complexity index is 211. The van der Waals surface area contributed by atoms with E-state index >= 15 is 0 Å². The summed E-state index contributed by atoms with van der Waals surface area (Å²) in [6.45, 7) is 10.8. The molecule has 1 fully saturated rings. The molecule has 0 aromatic carbocycles. The van der Waals surface area contributed by atoms with Crippen LogP contribution in [0.2, 0.25) is 0 Å². The van der Waals surface area contributed by atoms with Gasteiger partial charge in [-0.3, -0.25) is 4.90 Å². The fraction of sp³-hybridized carbons (Fsp3) is 1.00. The van der Waals surface area contributed by atoms with Crippen LogP contribution in [0.25, 0.3) is 0 Å². The van der Waals surface area contributed by atoms with Gasteiger partial charge >= 0.3 is 0 Å². The lowest BCUT2D eigenvalue weighted by Crippen LogP contribution is -2.49. The van der Waals surface area contributed by atoms with Crippen LogP contribution < -0.4 is 5.73 Å². The molecule has 4 nitrogen and oxygen atoms in total. The van der Waals surface area contributed by atoms with Crippen LogP contribution in [0.1, 0.15) is 20.8 Å². The number of nitrogens with two attached hydrogens (primary N) is 1. The van der Waals surface area contributed by atoms with Crippen molar-refractivity contribution in [3.05, 3.63) is 0 Å². The first-order valence-corrected chi connectivity index (χ1v) is 6.06. The number of hydrogen-bond acceptors (Lipinski definition) is 4. The maximum Gasteiger partial charge on any atom is 0.0624 e. The molecule has 1 aliphatic rings. The summed E-state index contributed by atoms with van der Waals surface area (Å²) in [4.78, 5) is 2.41. The molecular weight excluding hydrogens is 204 g/mol. The summed E-state index contributed by atoms with van der Waals surface area (Å²) in [5.74, 6) is 0. The van der Waals surface area contributed by atoms with Gasteiger partial charge in [-0.25, -0.2) is 0 Å². The second-order valence-corrected chi connectivity index (χ2v) is 5.33. The summed E-state index contributed by atoms with van der Waals surface area (Å²) >= 11 is 0. The minimum Gasteiger partial charge on any atom is -0.383 e. The Morgan fingerprint density at radius 2 is 2.25 bits per heavy atom. The average Bonchev–Trinajstić information content (AvgIpc) is 2.54. The van der Waals surface area contributed by atoms with E-state index in [1.807, 2.05) is 0 Å². The predicted molar refractivity (Wildman–Crippen MR) is 65.5 cm³/mol. The largest absolute Gasteiger partial charge is 0.383 e. The van der Waals surface area contributed by atoms with E-state index in [9.17, 15) is 0 Å². The molecule has 2 N–H and O–H groups in total. The molecular formula is C12H26N2O2. The second-order valence-electron chi connectivity index (χ2n) is 5.33. The molecule has 0 spiro atoms. The molecule has 1 rings (SSSR count). The van der Waals surface area contributed by atoms with E-state index in [-0.39, 0.29) is 11.5 Å². The van der Waals surface area contributed by atoms with Crippen LogP contribution in [0.15, 0.2) is 0 Å². The van der Waals surface area contributed by atoms with E-state index in [1.165, 1.54) is 0 Å². The van der Waals surface area contributed by atoms with E-state index < -0.39 is 0 Å². The van der Waals surface area contributed by atoms with Crippen molar-refractivity contribution in [3.63, 3.8) is 0 Å². The Morgan fingerprint density at radius 1 is 1.56 bits per heavy atom. The molecule has 1 saturated heterocycles. The Labute approximate surface area is 99.1 Å². The number of ether oxygens (including phenoxy) is 2. The Balaban J connectivity index is 2.53. The fourth-order valence-electron chi connectivity index (χ4n) is 2.08. The van der Waals surface area contributed by atoms with Gasteiger partial charge in [0.1, 0.15) is 0 Å². The highest BCUT2D eigenvalue weighted by Crippen LogP contribution is 2.28. The first kappa shape index (κ1) is 13.9. The maximum atomic E-state index is 6.11. The van der Waals surface area contributed by atoms with Crippen LogP contribution >= 0.6 is 0 Å². The second kappa shape index (κ2) is 5.96. The molecule has 0 aromatic rings. The van der Waals surface area contributed by atoms with Crippen molar-refractivity contribution in [1.82, 2.24) is 4.90 Å². The first-order chi connectivity index (χ1) is 7.49. The van der Waals surface area contributed by atoms with Crippen LogP contribution in [-0.2, 0) is 9.47 Å². The molecule has 0 aromatic heterocycles. The summed E-state index contributed by atoms with van der Waals surface area (Å²) in [6, 6.07) is 0.663. The maximum absolute atomic E-state index is 6.11. The molecule has 0 aliphatic carbocycles. The molecule has 0 radical (unpaired) electrons. The van der Waals surface area contributed by atoms with Crippen molar-refractivity contribution < 1.29 is 9.47 Å². The van der Waals surface area contributed by atoms with Gasteiger partial charge in [0, 0.05) is 37.7 Å². The monoisotopic (exact) mass is 230 g/mol. The quantitative estimate of drug-likeness (QED) is 0.730. The standard InChI is InChI=1S/C12H26N2O2/c1-10(2)14(5-6-15-4)8-12(3)9-16-7-11(12)13/h10-11H,5-9,13H2,1-4H3. The molecule has 16 heavy (non-hydrogen) atoms.